The van der Waals surface area contributed by atoms with Crippen molar-refractivity contribution in [3.8, 4) is 0 Å². The van der Waals surface area contributed by atoms with E-state index in [9.17, 15) is 17.6 Å². The first-order valence-electron chi connectivity index (χ1n) is 9.81. The van der Waals surface area contributed by atoms with Gasteiger partial charge in [0.1, 0.15) is 0 Å². The third kappa shape index (κ3) is 6.33. The molecule has 2 aliphatic rings. The molecule has 11 heteroatoms. The molecule has 0 radical (unpaired) electrons. The Morgan fingerprint density at radius 1 is 1.13 bits per heavy atom. The van der Waals surface area contributed by atoms with E-state index in [4.69, 9.17) is 9.90 Å². The summed E-state index contributed by atoms with van der Waals surface area (Å²) in [7, 11) is 0. The van der Waals surface area contributed by atoms with Gasteiger partial charge >= 0.3 is 12.1 Å². The highest BCUT2D eigenvalue weighted by Crippen LogP contribution is 2.40. The summed E-state index contributed by atoms with van der Waals surface area (Å²) in [5.41, 5.74) is 1.57. The van der Waals surface area contributed by atoms with E-state index in [2.05, 4.69) is 30.8 Å². The molecule has 2 aromatic heterocycles. The van der Waals surface area contributed by atoms with Crippen LogP contribution in [0.4, 0.5) is 23.5 Å². The number of carbonyl (C=O) groups is 1. The van der Waals surface area contributed by atoms with Crippen LogP contribution in [0.15, 0.2) is 36.9 Å². The molecular formula is C20H23F4N5O2. The third-order valence-corrected chi connectivity index (χ3v) is 5.44. The number of hydrogen-bond acceptors (Lipinski definition) is 6. The summed E-state index contributed by atoms with van der Waals surface area (Å²) < 4.78 is 44.8. The summed E-state index contributed by atoms with van der Waals surface area (Å²) in [6, 6.07) is 4.13. The van der Waals surface area contributed by atoms with Gasteiger partial charge in [0.25, 0.3) is 0 Å². The van der Waals surface area contributed by atoms with Crippen LogP contribution in [0.2, 0.25) is 0 Å². The second-order valence-electron chi connectivity index (χ2n) is 7.85. The van der Waals surface area contributed by atoms with Gasteiger partial charge in [-0.1, -0.05) is 6.07 Å². The fraction of sp³-hybridized carbons (Fsp3) is 0.500. The molecule has 31 heavy (non-hydrogen) atoms. The maximum atomic E-state index is 13.1. The van der Waals surface area contributed by atoms with Gasteiger partial charge in [-0.05, 0) is 37.4 Å². The average molecular weight is 441 g/mol. The van der Waals surface area contributed by atoms with Crippen LogP contribution in [-0.4, -0.2) is 63.3 Å². The monoisotopic (exact) mass is 441 g/mol. The molecule has 168 valence electrons. The van der Waals surface area contributed by atoms with Crippen LogP contribution in [0.25, 0.3) is 0 Å². The molecule has 2 aliphatic heterocycles. The standard InChI is InChI=1S/C18H22FN5.C2HF3O2/c19-16-10-21-17(22-11-16)24-7-2-4-18(14-24)5-8-23(13-18)12-15-3-1-6-20-9-15;3-2(4,5)1(6)7/h1,3,6,9-11H,2,4-5,7-8,12-14H2;(H,6,7). The molecule has 7 nitrogen and oxygen atoms in total. The van der Waals surface area contributed by atoms with E-state index in [1.807, 2.05) is 18.5 Å². The molecule has 4 heterocycles. The van der Waals surface area contributed by atoms with Crippen LogP contribution < -0.4 is 4.90 Å². The summed E-state index contributed by atoms with van der Waals surface area (Å²) in [6.07, 6.45) is 4.78. The number of nitrogens with zero attached hydrogens (tertiary/aromatic N) is 5. The summed E-state index contributed by atoms with van der Waals surface area (Å²) in [5, 5.41) is 7.12. The molecule has 1 spiro atoms. The van der Waals surface area contributed by atoms with Gasteiger partial charge in [0, 0.05) is 44.0 Å². The normalized spacial score (nSPS) is 21.6. The lowest BCUT2D eigenvalue weighted by molar-refractivity contribution is -0.192. The minimum Gasteiger partial charge on any atom is -0.475 e. The molecule has 2 saturated heterocycles. The number of alkyl halides is 3. The molecule has 1 unspecified atom stereocenters. The third-order valence-electron chi connectivity index (χ3n) is 5.44. The van der Waals surface area contributed by atoms with E-state index in [-0.39, 0.29) is 5.82 Å². The van der Waals surface area contributed by atoms with Crippen LogP contribution in [-0.2, 0) is 11.3 Å². The lowest BCUT2D eigenvalue weighted by Gasteiger charge is -2.40. The molecule has 2 aromatic rings. The summed E-state index contributed by atoms with van der Waals surface area (Å²) >= 11 is 0. The fourth-order valence-corrected chi connectivity index (χ4v) is 4.09. The number of aliphatic carboxylic acids is 1. The molecule has 0 aromatic carbocycles. The second-order valence-corrected chi connectivity index (χ2v) is 7.85. The number of likely N-dealkylation sites (tertiary alicyclic amines) is 1. The minimum absolute atomic E-state index is 0.304. The van der Waals surface area contributed by atoms with Crippen molar-refractivity contribution in [1.82, 2.24) is 19.9 Å². The number of aromatic nitrogens is 3. The first-order chi connectivity index (χ1) is 14.7. The first kappa shape index (κ1) is 22.9. The first-order valence-corrected chi connectivity index (χ1v) is 9.81. The van der Waals surface area contributed by atoms with E-state index in [1.165, 1.54) is 30.8 Å². The lowest BCUT2D eigenvalue weighted by atomic mass is 9.79. The van der Waals surface area contributed by atoms with Crippen molar-refractivity contribution in [3.05, 3.63) is 48.3 Å². The zero-order valence-corrected chi connectivity index (χ0v) is 16.7. The predicted octanol–water partition coefficient (Wildman–Crippen LogP) is 3.14. The SMILES string of the molecule is Fc1cnc(N2CCCC3(CCN(Cc4cccnc4)C3)C2)nc1.O=C(O)C(F)(F)F. The molecule has 1 atom stereocenters. The van der Waals surface area contributed by atoms with Crippen molar-refractivity contribution in [3.63, 3.8) is 0 Å². The maximum absolute atomic E-state index is 13.1. The van der Waals surface area contributed by atoms with E-state index >= 15 is 0 Å². The zero-order chi connectivity index (χ0) is 22.5. The van der Waals surface area contributed by atoms with Crippen LogP contribution in [0, 0.1) is 11.2 Å². The van der Waals surface area contributed by atoms with Crippen molar-refractivity contribution >= 4 is 11.9 Å². The van der Waals surface area contributed by atoms with Crippen LogP contribution in [0.5, 0.6) is 0 Å². The van der Waals surface area contributed by atoms with Gasteiger partial charge in [0.15, 0.2) is 5.82 Å². The Labute approximate surface area is 176 Å². The van der Waals surface area contributed by atoms with Gasteiger partial charge in [-0.15, -0.1) is 0 Å². The molecule has 0 bridgehead atoms. The van der Waals surface area contributed by atoms with Gasteiger partial charge in [-0.3, -0.25) is 9.88 Å². The summed E-state index contributed by atoms with van der Waals surface area (Å²) in [5.74, 6) is -2.48. The molecule has 4 rings (SSSR count). The number of pyridine rings is 1. The topological polar surface area (TPSA) is 82.5 Å². The molecule has 0 aliphatic carbocycles. The Bertz CT molecular complexity index is 866. The zero-order valence-electron chi connectivity index (χ0n) is 16.7. The lowest BCUT2D eigenvalue weighted by Crippen LogP contribution is -2.45. The Morgan fingerprint density at radius 3 is 2.45 bits per heavy atom. The van der Waals surface area contributed by atoms with Crippen molar-refractivity contribution in [2.75, 3.05) is 31.1 Å². The highest BCUT2D eigenvalue weighted by molar-refractivity contribution is 5.73. The molecule has 0 saturated carbocycles. The number of anilines is 1. The Hall–Kier alpha value is -2.82. The van der Waals surface area contributed by atoms with Gasteiger partial charge in [0.2, 0.25) is 5.95 Å². The molecule has 2 fully saturated rings. The number of piperidine rings is 1. The number of rotatable bonds is 3. The molecule has 1 N–H and O–H groups in total. The van der Waals surface area contributed by atoms with E-state index < -0.39 is 12.1 Å². The number of hydrogen-bond donors (Lipinski definition) is 1. The maximum Gasteiger partial charge on any atom is 0.490 e. The van der Waals surface area contributed by atoms with Crippen molar-refractivity contribution in [1.29, 1.82) is 0 Å². The number of carboxylic acid groups (broad SMARTS) is 1. The van der Waals surface area contributed by atoms with E-state index in [0.29, 0.717) is 11.4 Å². The van der Waals surface area contributed by atoms with Crippen LogP contribution >= 0.6 is 0 Å². The Morgan fingerprint density at radius 2 is 1.84 bits per heavy atom. The van der Waals surface area contributed by atoms with Crippen molar-refractivity contribution in [2.24, 2.45) is 5.41 Å². The highest BCUT2D eigenvalue weighted by Gasteiger charge is 2.41. The van der Waals surface area contributed by atoms with E-state index in [1.54, 1.807) is 0 Å². The van der Waals surface area contributed by atoms with Crippen molar-refractivity contribution in [2.45, 2.75) is 32.0 Å². The molecule has 0 amide bonds. The van der Waals surface area contributed by atoms with Gasteiger partial charge in [-0.25, -0.2) is 19.2 Å². The Balaban J connectivity index is 0.000000339. The largest absolute Gasteiger partial charge is 0.490 e. The fourth-order valence-electron chi connectivity index (χ4n) is 4.09. The summed E-state index contributed by atoms with van der Waals surface area (Å²) in [4.78, 5) is 26.2. The highest BCUT2D eigenvalue weighted by atomic mass is 19.4. The predicted molar refractivity (Wildman–Crippen MR) is 104 cm³/mol. The molecular weight excluding hydrogens is 418 g/mol. The van der Waals surface area contributed by atoms with Gasteiger partial charge in [-0.2, -0.15) is 13.2 Å². The Kier molecular flexibility index (Phi) is 7.04. The smallest absolute Gasteiger partial charge is 0.475 e. The average Bonchev–Trinajstić information content (AvgIpc) is 3.10. The van der Waals surface area contributed by atoms with Gasteiger partial charge in [0.05, 0.1) is 12.4 Å². The van der Waals surface area contributed by atoms with Crippen LogP contribution in [0.3, 0.4) is 0 Å². The summed E-state index contributed by atoms with van der Waals surface area (Å²) in [6.45, 7) is 5.09. The van der Waals surface area contributed by atoms with Crippen molar-refractivity contribution < 1.29 is 27.5 Å². The number of halogens is 4. The van der Waals surface area contributed by atoms with E-state index in [0.717, 1.165) is 39.1 Å². The quantitative estimate of drug-likeness (QED) is 0.733. The van der Waals surface area contributed by atoms with Crippen LogP contribution in [0.1, 0.15) is 24.8 Å². The minimum atomic E-state index is -5.08. The second kappa shape index (κ2) is 9.54. The van der Waals surface area contributed by atoms with Gasteiger partial charge < -0.3 is 10.0 Å². The number of carboxylic acids is 1.